The van der Waals surface area contributed by atoms with Gasteiger partial charge in [0, 0.05) is 28.4 Å². The Morgan fingerprint density at radius 3 is 3.09 bits per heavy atom. The highest BCUT2D eigenvalue weighted by atomic mass is 35.5. The fourth-order valence-corrected chi connectivity index (χ4v) is 3.83. The van der Waals surface area contributed by atoms with Crippen LogP contribution in [0.5, 0.6) is 0 Å². The maximum Gasteiger partial charge on any atom is 0.133 e. The summed E-state index contributed by atoms with van der Waals surface area (Å²) in [6.07, 6.45) is 1.93. The Hall–Kier alpha value is -1.78. The molecule has 1 aromatic carbocycles. The van der Waals surface area contributed by atoms with E-state index in [9.17, 15) is 0 Å². The highest BCUT2D eigenvalue weighted by Gasteiger charge is 2.23. The second-order valence-corrected chi connectivity index (χ2v) is 7.02. The Kier molecular flexibility index (Phi) is 3.43. The lowest BCUT2D eigenvalue weighted by molar-refractivity contribution is 0.837. The summed E-state index contributed by atoms with van der Waals surface area (Å²) in [7, 11) is 0. The number of aromatic nitrogens is 2. The van der Waals surface area contributed by atoms with Gasteiger partial charge >= 0.3 is 0 Å². The quantitative estimate of drug-likeness (QED) is 0.769. The van der Waals surface area contributed by atoms with E-state index in [2.05, 4.69) is 29.8 Å². The first-order valence-corrected chi connectivity index (χ1v) is 8.61. The van der Waals surface area contributed by atoms with E-state index in [0.717, 1.165) is 35.9 Å². The van der Waals surface area contributed by atoms with Gasteiger partial charge in [-0.2, -0.15) is 5.10 Å². The SMILES string of the molecule is Cc1ccc(Cl)cc1-n1nc(Cc2cccs2)c2c1NCC2. The van der Waals surface area contributed by atoms with Crippen LogP contribution in [0.2, 0.25) is 5.02 Å². The van der Waals surface area contributed by atoms with Crippen molar-refractivity contribution in [1.82, 2.24) is 9.78 Å². The van der Waals surface area contributed by atoms with Crippen molar-refractivity contribution in [1.29, 1.82) is 0 Å². The first-order chi connectivity index (χ1) is 10.7. The third kappa shape index (κ3) is 2.32. The van der Waals surface area contributed by atoms with E-state index in [1.54, 1.807) is 11.3 Å². The molecular formula is C17H16ClN3S. The van der Waals surface area contributed by atoms with E-state index in [1.165, 1.54) is 21.7 Å². The number of rotatable bonds is 3. The van der Waals surface area contributed by atoms with Gasteiger partial charge in [0.1, 0.15) is 5.82 Å². The smallest absolute Gasteiger partial charge is 0.133 e. The third-order valence-corrected chi connectivity index (χ3v) is 5.17. The number of nitrogens with one attached hydrogen (secondary N) is 1. The van der Waals surface area contributed by atoms with Crippen molar-refractivity contribution in [2.24, 2.45) is 0 Å². The number of aryl methyl sites for hydroxylation is 1. The van der Waals surface area contributed by atoms with Crippen LogP contribution in [0, 0.1) is 6.92 Å². The Morgan fingerprint density at radius 2 is 2.27 bits per heavy atom. The Balaban J connectivity index is 1.82. The molecule has 0 unspecified atom stereocenters. The predicted octanol–water partition coefficient (Wildman–Crippen LogP) is 4.45. The van der Waals surface area contributed by atoms with Crippen molar-refractivity contribution in [3.8, 4) is 5.69 Å². The first-order valence-electron chi connectivity index (χ1n) is 7.36. The number of anilines is 1. The van der Waals surface area contributed by atoms with Crippen LogP contribution in [0.25, 0.3) is 5.69 Å². The summed E-state index contributed by atoms with van der Waals surface area (Å²) < 4.78 is 2.02. The molecule has 0 fully saturated rings. The summed E-state index contributed by atoms with van der Waals surface area (Å²) in [5, 5.41) is 11.2. The van der Waals surface area contributed by atoms with Crippen LogP contribution < -0.4 is 5.32 Å². The van der Waals surface area contributed by atoms with Gasteiger partial charge < -0.3 is 5.32 Å². The molecule has 1 N–H and O–H groups in total. The molecule has 0 saturated heterocycles. The fraction of sp³-hybridized carbons (Fsp3) is 0.235. The van der Waals surface area contributed by atoms with Crippen LogP contribution in [0.3, 0.4) is 0 Å². The number of hydrogen-bond donors (Lipinski definition) is 1. The van der Waals surface area contributed by atoms with Crippen molar-refractivity contribution in [3.63, 3.8) is 0 Å². The number of hydrogen-bond acceptors (Lipinski definition) is 3. The maximum atomic E-state index is 6.18. The van der Waals surface area contributed by atoms with Crippen LogP contribution in [-0.2, 0) is 12.8 Å². The van der Waals surface area contributed by atoms with Crippen LogP contribution >= 0.6 is 22.9 Å². The predicted molar refractivity (Wildman–Crippen MR) is 92.6 cm³/mol. The molecule has 0 radical (unpaired) electrons. The van der Waals surface area contributed by atoms with Crippen molar-refractivity contribution in [2.45, 2.75) is 19.8 Å². The van der Waals surface area contributed by atoms with E-state index in [4.69, 9.17) is 16.7 Å². The second-order valence-electron chi connectivity index (χ2n) is 5.55. The van der Waals surface area contributed by atoms with Crippen molar-refractivity contribution >= 4 is 28.8 Å². The summed E-state index contributed by atoms with van der Waals surface area (Å²) in [6, 6.07) is 10.2. The van der Waals surface area contributed by atoms with Gasteiger partial charge in [0.05, 0.1) is 11.4 Å². The van der Waals surface area contributed by atoms with Crippen molar-refractivity contribution in [3.05, 3.63) is 62.4 Å². The standard InChI is InChI=1S/C17H16ClN3S/c1-11-4-5-12(18)9-16(11)21-17-14(6-7-19-17)15(20-21)10-13-3-2-8-22-13/h2-5,8-9,19H,6-7,10H2,1H3. The Labute approximate surface area is 138 Å². The molecule has 5 heteroatoms. The van der Waals surface area contributed by atoms with E-state index in [1.807, 2.05) is 22.9 Å². The number of nitrogens with zero attached hydrogens (tertiary/aromatic N) is 2. The molecule has 0 spiro atoms. The van der Waals surface area contributed by atoms with Crippen molar-refractivity contribution < 1.29 is 0 Å². The van der Waals surface area contributed by atoms with Crippen LogP contribution in [-0.4, -0.2) is 16.3 Å². The minimum absolute atomic E-state index is 0.739. The third-order valence-electron chi connectivity index (χ3n) is 4.06. The normalized spacial score (nSPS) is 13.2. The Morgan fingerprint density at radius 1 is 1.36 bits per heavy atom. The number of halogens is 1. The van der Waals surface area contributed by atoms with Crippen LogP contribution in [0.4, 0.5) is 5.82 Å². The summed E-state index contributed by atoms with van der Waals surface area (Å²) >= 11 is 7.96. The fourth-order valence-electron chi connectivity index (χ4n) is 2.95. The zero-order chi connectivity index (χ0) is 15.1. The summed E-state index contributed by atoms with van der Waals surface area (Å²) in [5.74, 6) is 1.12. The molecule has 1 aliphatic rings. The minimum Gasteiger partial charge on any atom is -0.369 e. The second kappa shape index (κ2) is 5.45. The van der Waals surface area contributed by atoms with Gasteiger partial charge in [-0.1, -0.05) is 23.7 Å². The molecule has 4 rings (SSSR count). The van der Waals surface area contributed by atoms with Crippen LogP contribution in [0.1, 0.15) is 21.7 Å². The van der Waals surface area contributed by atoms with E-state index < -0.39 is 0 Å². The number of thiophene rings is 1. The molecule has 0 atom stereocenters. The molecule has 3 nitrogen and oxygen atoms in total. The van der Waals surface area contributed by atoms with Gasteiger partial charge in [-0.3, -0.25) is 0 Å². The monoisotopic (exact) mass is 329 g/mol. The first kappa shape index (κ1) is 13.9. The van der Waals surface area contributed by atoms with Gasteiger partial charge in [-0.15, -0.1) is 11.3 Å². The summed E-state index contributed by atoms with van der Waals surface area (Å²) in [5.41, 5.74) is 4.73. The molecule has 0 saturated carbocycles. The molecule has 3 heterocycles. The molecule has 0 bridgehead atoms. The zero-order valence-corrected chi connectivity index (χ0v) is 13.8. The highest BCUT2D eigenvalue weighted by molar-refractivity contribution is 7.09. The molecule has 0 aliphatic carbocycles. The number of benzene rings is 1. The molecule has 22 heavy (non-hydrogen) atoms. The summed E-state index contributed by atoms with van der Waals surface area (Å²) in [6.45, 7) is 3.07. The highest BCUT2D eigenvalue weighted by Crippen LogP contribution is 2.32. The minimum atomic E-state index is 0.739. The molecule has 0 amide bonds. The molecule has 1 aliphatic heterocycles. The molecule has 112 valence electrons. The molecule has 3 aromatic rings. The van der Waals surface area contributed by atoms with Gasteiger partial charge in [0.25, 0.3) is 0 Å². The van der Waals surface area contributed by atoms with E-state index in [0.29, 0.717) is 0 Å². The average molecular weight is 330 g/mol. The lowest BCUT2D eigenvalue weighted by atomic mass is 10.1. The maximum absolute atomic E-state index is 6.18. The topological polar surface area (TPSA) is 29.9 Å². The average Bonchev–Trinajstić information content (AvgIpc) is 3.21. The van der Waals surface area contributed by atoms with Gasteiger partial charge in [-0.05, 0) is 42.5 Å². The molecular weight excluding hydrogens is 314 g/mol. The lowest BCUT2D eigenvalue weighted by Crippen LogP contribution is -2.06. The molecule has 2 aromatic heterocycles. The van der Waals surface area contributed by atoms with Crippen LogP contribution in [0.15, 0.2) is 35.7 Å². The van der Waals surface area contributed by atoms with Gasteiger partial charge in [-0.25, -0.2) is 4.68 Å². The zero-order valence-electron chi connectivity index (χ0n) is 12.3. The van der Waals surface area contributed by atoms with E-state index in [-0.39, 0.29) is 0 Å². The number of fused-ring (bicyclic) bond motifs is 1. The summed E-state index contributed by atoms with van der Waals surface area (Å²) in [4.78, 5) is 1.35. The van der Waals surface area contributed by atoms with Gasteiger partial charge in [0.2, 0.25) is 0 Å². The van der Waals surface area contributed by atoms with Gasteiger partial charge in [0.15, 0.2) is 0 Å². The lowest BCUT2D eigenvalue weighted by Gasteiger charge is -2.10. The Bertz CT molecular complexity index is 821. The van der Waals surface area contributed by atoms with E-state index >= 15 is 0 Å². The van der Waals surface area contributed by atoms with Crippen molar-refractivity contribution in [2.75, 3.05) is 11.9 Å². The largest absolute Gasteiger partial charge is 0.369 e.